The third-order valence-electron chi connectivity index (χ3n) is 3.16. The number of nitrogens with zero attached hydrogens (tertiary/aromatic N) is 1. The van der Waals surface area contributed by atoms with Crippen molar-refractivity contribution in [3.05, 3.63) is 24.0 Å². The number of rotatable bonds is 10. The molecular formula is C16H24N2O4. The van der Waals surface area contributed by atoms with Crippen LogP contribution in [0.1, 0.15) is 55.9 Å². The Bertz CT molecular complexity index is 477. The minimum absolute atomic E-state index is 0.105. The Morgan fingerprint density at radius 1 is 1.23 bits per heavy atom. The summed E-state index contributed by atoms with van der Waals surface area (Å²) in [5.41, 5.74) is -0.105. The molecule has 122 valence electrons. The molecule has 0 saturated carbocycles. The van der Waals surface area contributed by atoms with Gasteiger partial charge in [-0.1, -0.05) is 39.0 Å². The first-order chi connectivity index (χ1) is 10.6. The van der Waals surface area contributed by atoms with E-state index in [1.807, 2.05) is 0 Å². The minimum Gasteiger partial charge on any atom is -0.505 e. The van der Waals surface area contributed by atoms with E-state index >= 15 is 0 Å². The van der Waals surface area contributed by atoms with Crippen molar-refractivity contribution in [2.75, 3.05) is 13.2 Å². The van der Waals surface area contributed by atoms with Crippen molar-refractivity contribution in [1.82, 2.24) is 10.3 Å². The number of unbranched alkanes of at least 4 members (excludes halogenated alkanes) is 5. The zero-order chi connectivity index (χ0) is 16.2. The van der Waals surface area contributed by atoms with E-state index in [0.717, 1.165) is 19.3 Å². The monoisotopic (exact) mass is 308 g/mol. The van der Waals surface area contributed by atoms with Crippen molar-refractivity contribution in [2.24, 2.45) is 0 Å². The summed E-state index contributed by atoms with van der Waals surface area (Å²) in [5.74, 6) is -1.31. The fourth-order valence-electron chi connectivity index (χ4n) is 1.93. The molecule has 0 bridgehead atoms. The molecule has 22 heavy (non-hydrogen) atoms. The van der Waals surface area contributed by atoms with E-state index in [9.17, 15) is 14.7 Å². The standard InChI is InChI=1S/C16H24N2O4/c1-2-3-4-5-6-7-11-22-14(20)12-18-16(21)15-13(19)9-8-10-17-15/h8-10,19H,2-7,11-12H2,1H3,(H,18,21). The lowest BCUT2D eigenvalue weighted by atomic mass is 10.1. The fraction of sp³-hybridized carbons (Fsp3) is 0.562. The summed E-state index contributed by atoms with van der Waals surface area (Å²) in [6, 6.07) is 2.87. The van der Waals surface area contributed by atoms with Crippen LogP contribution in [0.2, 0.25) is 0 Å². The normalized spacial score (nSPS) is 10.2. The van der Waals surface area contributed by atoms with Crippen molar-refractivity contribution >= 4 is 11.9 Å². The van der Waals surface area contributed by atoms with Gasteiger partial charge in [-0.2, -0.15) is 0 Å². The third kappa shape index (κ3) is 7.06. The molecule has 2 N–H and O–H groups in total. The lowest BCUT2D eigenvalue weighted by Crippen LogP contribution is -2.31. The molecule has 0 radical (unpaired) electrons. The molecule has 1 amide bonds. The number of esters is 1. The van der Waals surface area contributed by atoms with Crippen LogP contribution in [0.5, 0.6) is 5.75 Å². The number of nitrogens with one attached hydrogen (secondary N) is 1. The molecule has 0 atom stereocenters. The van der Waals surface area contributed by atoms with Gasteiger partial charge in [0.15, 0.2) is 5.69 Å². The number of amides is 1. The number of aromatic nitrogens is 1. The number of carbonyl (C=O) groups is 2. The number of carbonyl (C=O) groups excluding carboxylic acids is 2. The van der Waals surface area contributed by atoms with Crippen molar-refractivity contribution in [3.8, 4) is 5.75 Å². The molecule has 0 aromatic carbocycles. The first kappa shape index (κ1) is 17.9. The maximum Gasteiger partial charge on any atom is 0.325 e. The Hall–Kier alpha value is -2.11. The van der Waals surface area contributed by atoms with Gasteiger partial charge in [-0.15, -0.1) is 0 Å². The molecule has 1 rings (SSSR count). The third-order valence-corrected chi connectivity index (χ3v) is 3.16. The lowest BCUT2D eigenvalue weighted by molar-refractivity contribution is -0.142. The molecule has 0 unspecified atom stereocenters. The minimum atomic E-state index is -0.602. The van der Waals surface area contributed by atoms with E-state index in [0.29, 0.717) is 6.61 Å². The Kier molecular flexibility index (Phi) is 8.64. The molecule has 0 fully saturated rings. The average molecular weight is 308 g/mol. The summed E-state index contributed by atoms with van der Waals surface area (Å²) in [7, 11) is 0. The Morgan fingerprint density at radius 2 is 1.95 bits per heavy atom. The number of pyridine rings is 1. The summed E-state index contributed by atoms with van der Waals surface area (Å²) >= 11 is 0. The van der Waals surface area contributed by atoms with Crippen LogP contribution in [-0.2, 0) is 9.53 Å². The predicted molar refractivity (Wildman–Crippen MR) is 82.6 cm³/mol. The predicted octanol–water partition coefficient (Wildman–Crippen LogP) is 2.42. The summed E-state index contributed by atoms with van der Waals surface area (Å²) in [5, 5.41) is 11.8. The maximum absolute atomic E-state index is 11.7. The van der Waals surface area contributed by atoms with Crippen LogP contribution in [0, 0.1) is 0 Å². The fourth-order valence-corrected chi connectivity index (χ4v) is 1.93. The van der Waals surface area contributed by atoms with Gasteiger partial charge in [0.2, 0.25) is 0 Å². The molecular weight excluding hydrogens is 284 g/mol. The van der Waals surface area contributed by atoms with Gasteiger partial charge in [0, 0.05) is 6.20 Å². The highest BCUT2D eigenvalue weighted by Crippen LogP contribution is 2.11. The second kappa shape index (κ2) is 10.6. The van der Waals surface area contributed by atoms with E-state index in [-0.39, 0.29) is 18.0 Å². The van der Waals surface area contributed by atoms with E-state index < -0.39 is 11.9 Å². The first-order valence-corrected chi connectivity index (χ1v) is 7.73. The van der Waals surface area contributed by atoms with Crippen LogP contribution < -0.4 is 5.32 Å². The highest BCUT2D eigenvalue weighted by Gasteiger charge is 2.13. The molecule has 1 aromatic heterocycles. The molecule has 1 aromatic rings. The SMILES string of the molecule is CCCCCCCCOC(=O)CNC(=O)c1ncccc1O. The summed E-state index contributed by atoms with van der Waals surface area (Å²) in [6.07, 6.45) is 8.10. The number of hydrogen-bond donors (Lipinski definition) is 2. The van der Waals surface area contributed by atoms with Gasteiger partial charge in [-0.05, 0) is 18.6 Å². The van der Waals surface area contributed by atoms with Crippen molar-refractivity contribution < 1.29 is 19.4 Å². The van der Waals surface area contributed by atoms with Crippen LogP contribution in [0.15, 0.2) is 18.3 Å². The smallest absolute Gasteiger partial charge is 0.325 e. The Morgan fingerprint density at radius 3 is 2.68 bits per heavy atom. The topological polar surface area (TPSA) is 88.5 Å². The van der Waals surface area contributed by atoms with Gasteiger partial charge in [0.05, 0.1) is 6.61 Å². The van der Waals surface area contributed by atoms with E-state index in [2.05, 4.69) is 17.2 Å². The number of ether oxygens (including phenoxy) is 1. The van der Waals surface area contributed by atoms with Gasteiger partial charge in [0.1, 0.15) is 12.3 Å². The van der Waals surface area contributed by atoms with Crippen LogP contribution in [0.4, 0.5) is 0 Å². The van der Waals surface area contributed by atoms with E-state index in [1.165, 1.54) is 37.6 Å². The van der Waals surface area contributed by atoms with Crippen molar-refractivity contribution in [3.63, 3.8) is 0 Å². The molecule has 0 saturated heterocycles. The maximum atomic E-state index is 11.7. The van der Waals surface area contributed by atoms with Gasteiger partial charge in [-0.25, -0.2) is 4.98 Å². The highest BCUT2D eigenvalue weighted by atomic mass is 16.5. The summed E-state index contributed by atoms with van der Waals surface area (Å²) in [4.78, 5) is 26.9. The van der Waals surface area contributed by atoms with Gasteiger partial charge < -0.3 is 15.2 Å². The number of aromatic hydroxyl groups is 1. The Balaban J connectivity index is 2.13. The molecule has 6 nitrogen and oxygen atoms in total. The quantitative estimate of drug-likeness (QED) is 0.512. The van der Waals surface area contributed by atoms with Crippen molar-refractivity contribution in [2.45, 2.75) is 45.4 Å². The van der Waals surface area contributed by atoms with Crippen LogP contribution in [0.3, 0.4) is 0 Å². The lowest BCUT2D eigenvalue weighted by Gasteiger charge is -2.07. The van der Waals surface area contributed by atoms with Crippen molar-refractivity contribution in [1.29, 1.82) is 0 Å². The van der Waals surface area contributed by atoms with Crippen LogP contribution in [0.25, 0.3) is 0 Å². The van der Waals surface area contributed by atoms with E-state index in [4.69, 9.17) is 4.74 Å². The molecule has 6 heteroatoms. The van der Waals surface area contributed by atoms with Gasteiger partial charge in [0.25, 0.3) is 5.91 Å². The highest BCUT2D eigenvalue weighted by molar-refractivity contribution is 5.96. The molecule has 0 aliphatic heterocycles. The molecule has 0 aliphatic rings. The molecule has 0 aliphatic carbocycles. The average Bonchev–Trinajstić information content (AvgIpc) is 2.52. The second-order valence-electron chi connectivity index (χ2n) is 5.04. The zero-order valence-electron chi connectivity index (χ0n) is 13.0. The van der Waals surface area contributed by atoms with Crippen LogP contribution in [-0.4, -0.2) is 35.1 Å². The zero-order valence-corrected chi connectivity index (χ0v) is 13.0. The Labute approximate surface area is 130 Å². The summed E-state index contributed by atoms with van der Waals surface area (Å²) < 4.78 is 5.03. The van der Waals surface area contributed by atoms with E-state index in [1.54, 1.807) is 0 Å². The first-order valence-electron chi connectivity index (χ1n) is 7.73. The molecule has 0 spiro atoms. The molecule has 1 heterocycles. The largest absolute Gasteiger partial charge is 0.505 e. The number of hydrogen-bond acceptors (Lipinski definition) is 5. The second-order valence-corrected chi connectivity index (χ2v) is 5.04. The summed E-state index contributed by atoms with van der Waals surface area (Å²) in [6.45, 7) is 2.31. The van der Waals surface area contributed by atoms with Crippen LogP contribution >= 0.6 is 0 Å². The van der Waals surface area contributed by atoms with Gasteiger partial charge >= 0.3 is 5.97 Å². The van der Waals surface area contributed by atoms with Gasteiger partial charge in [-0.3, -0.25) is 9.59 Å².